The fraction of sp³-hybridized carbons (Fsp3) is 0.919. The number of hydrogen-bond donors (Lipinski definition) is 2. The highest BCUT2D eigenvalue weighted by molar-refractivity contribution is 5.73. The van der Waals surface area contributed by atoms with Crippen molar-refractivity contribution in [2.24, 2.45) is 35.5 Å². The highest BCUT2D eigenvalue weighted by Gasteiger charge is 2.29. The highest BCUT2D eigenvalue weighted by Crippen LogP contribution is 2.26. The van der Waals surface area contributed by atoms with Crippen LogP contribution in [0.3, 0.4) is 0 Å². The van der Waals surface area contributed by atoms with E-state index in [9.17, 15) is 28.8 Å². The Morgan fingerprint density at radius 1 is 0.341 bits per heavy atom. The molecule has 14 heteroatoms. The number of likely N-dealkylation sites (tertiary alicyclic amines) is 2. The van der Waals surface area contributed by atoms with Crippen molar-refractivity contribution in [3.05, 3.63) is 0 Å². The zero-order valence-corrected chi connectivity index (χ0v) is 57.9. The standard InChI is InChI=1S/C50H95NO6.C24H43NO6/c1-6-10-20-28-44(29-21-11-7-2)37-40-55-48(52)34-26-18-14-16-24-32-46(43-57-50(54)47-36-39-51(5)42-47)33-25-17-15-19-27-35-49(53)56-41-38-45(30-22-12-8-3)31-23-13-9-4;1-25-17-16-21(18-25)24(30)31-19-20(12-8-4-2-6-10-14-22(26)27)13-9-5-3-7-11-15-23(28)29/h44-47H,6-43H2,1-5H3;20-21H,2-19H2,1H3,(H,26,27)(H,28,29). The fourth-order valence-electron chi connectivity index (χ4n) is 12.9. The van der Waals surface area contributed by atoms with Crippen LogP contribution in [-0.2, 0) is 47.7 Å². The molecule has 0 spiro atoms. The quantitative estimate of drug-likeness (QED) is 0.0333. The van der Waals surface area contributed by atoms with Gasteiger partial charge < -0.3 is 39.0 Å². The van der Waals surface area contributed by atoms with Gasteiger partial charge in [-0.1, -0.05) is 233 Å². The lowest BCUT2D eigenvalue weighted by atomic mass is 9.92. The van der Waals surface area contributed by atoms with Crippen LogP contribution in [0.4, 0.5) is 0 Å². The Morgan fingerprint density at radius 2 is 0.602 bits per heavy atom. The van der Waals surface area contributed by atoms with E-state index in [1.54, 1.807) is 0 Å². The van der Waals surface area contributed by atoms with Gasteiger partial charge in [0.1, 0.15) is 0 Å². The largest absolute Gasteiger partial charge is 0.481 e. The molecule has 14 nitrogen and oxygen atoms in total. The molecule has 0 aromatic heterocycles. The number of hydrogen-bond acceptors (Lipinski definition) is 12. The first-order valence-corrected chi connectivity index (χ1v) is 37.2. The van der Waals surface area contributed by atoms with Gasteiger partial charge in [0, 0.05) is 38.8 Å². The first kappa shape index (κ1) is 82.8. The van der Waals surface area contributed by atoms with Crippen LogP contribution in [0, 0.1) is 35.5 Å². The molecule has 2 heterocycles. The normalized spacial score (nSPS) is 15.3. The summed E-state index contributed by atoms with van der Waals surface area (Å²) in [5.41, 5.74) is 0. The summed E-state index contributed by atoms with van der Waals surface area (Å²) in [4.78, 5) is 75.5. The summed E-state index contributed by atoms with van der Waals surface area (Å²) in [6.45, 7) is 14.7. The second-order valence-corrected chi connectivity index (χ2v) is 27.2. The van der Waals surface area contributed by atoms with Crippen LogP contribution in [0.25, 0.3) is 0 Å². The number of unbranched alkanes of at least 4 members (excludes halogenated alkanes) is 24. The third-order valence-electron chi connectivity index (χ3n) is 18.8. The van der Waals surface area contributed by atoms with Gasteiger partial charge >= 0.3 is 35.8 Å². The van der Waals surface area contributed by atoms with Crippen LogP contribution >= 0.6 is 0 Å². The smallest absolute Gasteiger partial charge is 0.310 e. The number of ether oxygens (including phenoxy) is 4. The Labute approximate surface area is 539 Å². The van der Waals surface area contributed by atoms with Crippen molar-refractivity contribution >= 4 is 35.8 Å². The van der Waals surface area contributed by atoms with Crippen LogP contribution in [0.2, 0.25) is 0 Å². The Hall–Kier alpha value is -3.26. The minimum absolute atomic E-state index is 0.00844. The molecular formula is C74H138N2O12. The third kappa shape index (κ3) is 50.4. The van der Waals surface area contributed by atoms with Crippen molar-refractivity contribution in [3.63, 3.8) is 0 Å². The Balaban J connectivity index is 0.00000105. The molecule has 0 saturated carbocycles. The molecule has 0 aromatic carbocycles. The molecule has 2 aliphatic heterocycles. The lowest BCUT2D eigenvalue weighted by molar-refractivity contribution is -0.150. The van der Waals surface area contributed by atoms with E-state index in [2.05, 4.69) is 44.5 Å². The van der Waals surface area contributed by atoms with E-state index in [4.69, 9.17) is 29.2 Å². The third-order valence-corrected chi connectivity index (χ3v) is 18.8. The number of aliphatic carboxylic acids is 2. The van der Waals surface area contributed by atoms with Crippen LogP contribution in [-0.4, -0.2) is 123 Å². The summed E-state index contributed by atoms with van der Waals surface area (Å²) in [6.07, 6.45) is 50.8. The molecule has 0 aliphatic carbocycles. The predicted molar refractivity (Wildman–Crippen MR) is 359 cm³/mol. The first-order chi connectivity index (χ1) is 42.7. The first-order valence-electron chi connectivity index (χ1n) is 37.2. The van der Waals surface area contributed by atoms with Crippen molar-refractivity contribution in [1.82, 2.24) is 9.80 Å². The molecule has 2 unspecified atom stereocenters. The average Bonchev–Trinajstić information content (AvgIpc) is 4.28. The van der Waals surface area contributed by atoms with Crippen molar-refractivity contribution in [1.29, 1.82) is 0 Å². The topological polar surface area (TPSA) is 186 Å². The second kappa shape index (κ2) is 58.8. The second-order valence-electron chi connectivity index (χ2n) is 27.2. The van der Waals surface area contributed by atoms with Gasteiger partial charge in [0.25, 0.3) is 0 Å². The van der Waals surface area contributed by atoms with E-state index in [-0.39, 0.29) is 48.6 Å². The minimum atomic E-state index is -0.724. The molecular weight excluding hydrogens is 1110 g/mol. The van der Waals surface area contributed by atoms with E-state index < -0.39 is 11.9 Å². The predicted octanol–water partition coefficient (Wildman–Crippen LogP) is 18.7. The number of esters is 4. The van der Waals surface area contributed by atoms with Crippen molar-refractivity contribution in [2.45, 2.75) is 336 Å². The molecule has 0 aromatic rings. The maximum absolute atomic E-state index is 12.8. The number of carbonyl (C=O) groups excluding carboxylic acids is 4. The van der Waals surface area contributed by atoms with E-state index in [0.29, 0.717) is 62.9 Å². The van der Waals surface area contributed by atoms with Crippen LogP contribution in [0.15, 0.2) is 0 Å². The maximum atomic E-state index is 12.8. The van der Waals surface area contributed by atoms with Crippen molar-refractivity contribution in [3.8, 4) is 0 Å². The lowest BCUT2D eigenvalue weighted by Gasteiger charge is -2.19. The van der Waals surface area contributed by atoms with Gasteiger partial charge in [-0.3, -0.25) is 28.8 Å². The monoisotopic (exact) mass is 1250 g/mol. The Kier molecular flexibility index (Phi) is 55.3. The van der Waals surface area contributed by atoms with Gasteiger partial charge in [0.05, 0.1) is 38.3 Å². The molecule has 2 fully saturated rings. The van der Waals surface area contributed by atoms with E-state index in [0.717, 1.165) is 206 Å². The zero-order valence-electron chi connectivity index (χ0n) is 57.9. The van der Waals surface area contributed by atoms with Gasteiger partial charge in [0.15, 0.2) is 0 Å². The molecule has 2 atom stereocenters. The summed E-state index contributed by atoms with van der Waals surface area (Å²) < 4.78 is 22.9. The summed E-state index contributed by atoms with van der Waals surface area (Å²) in [5, 5.41) is 17.4. The summed E-state index contributed by atoms with van der Waals surface area (Å²) in [5.74, 6) is 0.620. The molecule has 0 bridgehead atoms. The van der Waals surface area contributed by atoms with Gasteiger partial charge in [-0.25, -0.2) is 0 Å². The van der Waals surface area contributed by atoms with E-state index in [1.165, 1.54) is 103 Å². The number of carbonyl (C=O) groups is 6. The van der Waals surface area contributed by atoms with Crippen molar-refractivity contribution in [2.75, 3.05) is 66.7 Å². The average molecular weight is 1250 g/mol. The van der Waals surface area contributed by atoms with Gasteiger partial charge in [-0.15, -0.1) is 0 Å². The van der Waals surface area contributed by atoms with Crippen LogP contribution in [0.5, 0.6) is 0 Å². The molecule has 516 valence electrons. The van der Waals surface area contributed by atoms with Gasteiger partial charge in [-0.2, -0.15) is 0 Å². The lowest BCUT2D eigenvalue weighted by Crippen LogP contribution is -2.24. The molecule has 2 saturated heterocycles. The molecule has 0 radical (unpaired) electrons. The summed E-state index contributed by atoms with van der Waals surface area (Å²) in [6, 6.07) is 0. The van der Waals surface area contributed by atoms with E-state index >= 15 is 0 Å². The van der Waals surface area contributed by atoms with Crippen molar-refractivity contribution < 1.29 is 57.9 Å². The molecule has 2 aliphatic rings. The van der Waals surface area contributed by atoms with Crippen LogP contribution < -0.4 is 0 Å². The molecule has 2 rings (SSSR count). The molecule has 0 amide bonds. The SMILES string of the molecule is CCCCCC(CCCCC)CCOC(=O)CCCCCCCC(CCCCCCCC(=O)OCCC(CCCCC)CCCCC)COC(=O)C1CCN(C)C1.CN1CCC(C(=O)OCC(CCCCCCCC(=O)O)CCCCCCCC(=O)O)C1. The number of carboxylic acids is 2. The molecule has 88 heavy (non-hydrogen) atoms. The Morgan fingerprint density at radius 3 is 0.875 bits per heavy atom. The number of carboxylic acid groups (broad SMARTS) is 2. The number of nitrogens with zero attached hydrogens (tertiary/aromatic N) is 2. The summed E-state index contributed by atoms with van der Waals surface area (Å²) >= 11 is 0. The zero-order chi connectivity index (χ0) is 64.5. The van der Waals surface area contributed by atoms with Gasteiger partial charge in [-0.05, 0) is 128 Å². The minimum Gasteiger partial charge on any atom is -0.481 e. The van der Waals surface area contributed by atoms with Crippen LogP contribution in [0.1, 0.15) is 336 Å². The van der Waals surface area contributed by atoms with Gasteiger partial charge in [0.2, 0.25) is 0 Å². The maximum Gasteiger partial charge on any atom is 0.310 e. The summed E-state index contributed by atoms with van der Waals surface area (Å²) in [7, 11) is 4.10. The van der Waals surface area contributed by atoms with E-state index in [1.807, 2.05) is 7.05 Å². The number of rotatable bonds is 60. The Bertz CT molecular complexity index is 1590. The fourth-order valence-corrected chi connectivity index (χ4v) is 12.9. The molecule has 2 N–H and O–H groups in total. The highest BCUT2D eigenvalue weighted by atomic mass is 16.5.